The Morgan fingerprint density at radius 2 is 1.80 bits per heavy atom. The molecule has 0 fully saturated rings. The van der Waals surface area contributed by atoms with Gasteiger partial charge in [-0.05, 0) is 35.0 Å². The van der Waals surface area contributed by atoms with Gasteiger partial charge < -0.3 is 14.6 Å². The number of carboxylic acids is 1. The number of carboxylic acid groups (broad SMARTS) is 1. The fraction of sp³-hybridized carbons (Fsp3) is 0.167. The third-order valence-corrected chi connectivity index (χ3v) is 6.31. The van der Waals surface area contributed by atoms with Crippen LogP contribution < -0.4 is 0 Å². The van der Waals surface area contributed by atoms with Crippen molar-refractivity contribution >= 4 is 49.5 Å². The molecule has 5 rings (SSSR count). The van der Waals surface area contributed by atoms with Gasteiger partial charge in [-0.25, -0.2) is 0 Å². The Labute approximate surface area is 181 Å². The normalized spacial score (nSPS) is 13.6. The number of nitrogens with zero attached hydrogens (tertiary/aromatic N) is 2. The Morgan fingerprint density at radius 1 is 1.00 bits per heavy atom. The Kier molecular flexibility index (Phi) is 4.59. The van der Waals surface area contributed by atoms with Crippen LogP contribution in [0, 0.1) is 0 Å². The molecule has 6 heteroatoms. The molecule has 30 heavy (non-hydrogen) atoms. The Bertz CT molecular complexity index is 1320. The molecule has 0 saturated heterocycles. The first-order valence-electron chi connectivity index (χ1n) is 9.81. The summed E-state index contributed by atoms with van der Waals surface area (Å²) < 4.78 is 2.81. The molecule has 1 aliphatic rings. The van der Waals surface area contributed by atoms with Crippen LogP contribution in [0.3, 0.4) is 0 Å². The number of carbonyl (C=O) groups excluding carboxylic acids is 1. The second-order valence-electron chi connectivity index (χ2n) is 7.57. The molecule has 0 unspecified atom stereocenters. The molecule has 1 N–H and O–H groups in total. The monoisotopic (exact) mass is 462 g/mol. The second kappa shape index (κ2) is 7.29. The standard InChI is InChI=1S/C24H19BrN2O3/c25-16-8-9-21-19(12-16)20-13-26(11-10-22(20)27(21)14-23(28)29)24(30)18-7-3-5-15-4-1-2-6-17(15)18/h1-9,12H,10-11,13-14H2,(H,28,29). The van der Waals surface area contributed by atoms with Gasteiger partial charge in [0.15, 0.2) is 0 Å². The summed E-state index contributed by atoms with van der Waals surface area (Å²) >= 11 is 3.52. The van der Waals surface area contributed by atoms with Crippen molar-refractivity contribution in [1.82, 2.24) is 9.47 Å². The van der Waals surface area contributed by atoms with E-state index in [0.29, 0.717) is 25.1 Å². The van der Waals surface area contributed by atoms with Crippen LogP contribution in [0.15, 0.2) is 65.1 Å². The van der Waals surface area contributed by atoms with Crippen LogP contribution in [0.25, 0.3) is 21.7 Å². The molecule has 4 aromatic rings. The number of hydrogen-bond acceptors (Lipinski definition) is 2. The van der Waals surface area contributed by atoms with Gasteiger partial charge in [0.2, 0.25) is 0 Å². The average molecular weight is 463 g/mol. The van der Waals surface area contributed by atoms with E-state index < -0.39 is 5.97 Å². The molecule has 0 atom stereocenters. The number of fused-ring (bicyclic) bond motifs is 4. The summed E-state index contributed by atoms with van der Waals surface area (Å²) in [7, 11) is 0. The smallest absolute Gasteiger partial charge is 0.323 e. The van der Waals surface area contributed by atoms with Crippen LogP contribution in [0.2, 0.25) is 0 Å². The number of aliphatic carboxylic acids is 1. The minimum Gasteiger partial charge on any atom is -0.480 e. The van der Waals surface area contributed by atoms with Crippen molar-refractivity contribution in [2.45, 2.75) is 19.5 Å². The Hall–Kier alpha value is -3.12. The highest BCUT2D eigenvalue weighted by Gasteiger charge is 2.28. The summed E-state index contributed by atoms with van der Waals surface area (Å²) in [5, 5.41) is 12.4. The van der Waals surface area contributed by atoms with Crippen molar-refractivity contribution in [2.24, 2.45) is 0 Å². The number of amides is 1. The van der Waals surface area contributed by atoms with Gasteiger partial charge in [0.1, 0.15) is 6.54 Å². The molecular formula is C24H19BrN2O3. The fourth-order valence-corrected chi connectivity index (χ4v) is 4.85. The highest BCUT2D eigenvalue weighted by molar-refractivity contribution is 9.10. The molecule has 0 spiro atoms. The topological polar surface area (TPSA) is 62.5 Å². The molecule has 0 bridgehead atoms. The number of halogens is 1. The predicted molar refractivity (Wildman–Crippen MR) is 120 cm³/mol. The predicted octanol–water partition coefficient (Wildman–Crippen LogP) is 4.84. The number of hydrogen-bond donors (Lipinski definition) is 1. The highest BCUT2D eigenvalue weighted by atomic mass is 79.9. The van der Waals surface area contributed by atoms with Crippen molar-refractivity contribution < 1.29 is 14.7 Å². The SMILES string of the molecule is O=C(O)Cn1c2c(c3cc(Br)ccc31)CN(C(=O)c1cccc3ccccc13)CC2. The first-order chi connectivity index (χ1) is 14.5. The molecule has 2 heterocycles. The maximum atomic E-state index is 13.4. The third kappa shape index (κ3) is 3.08. The first kappa shape index (κ1) is 18.9. The van der Waals surface area contributed by atoms with E-state index in [4.69, 9.17) is 0 Å². The summed E-state index contributed by atoms with van der Waals surface area (Å²) in [5.41, 5.74) is 3.64. The van der Waals surface area contributed by atoms with Gasteiger partial charge in [0, 0.05) is 51.7 Å². The maximum absolute atomic E-state index is 13.4. The lowest BCUT2D eigenvalue weighted by Gasteiger charge is -2.28. The Morgan fingerprint density at radius 3 is 2.63 bits per heavy atom. The van der Waals surface area contributed by atoms with E-state index in [0.717, 1.165) is 37.4 Å². The highest BCUT2D eigenvalue weighted by Crippen LogP contribution is 2.34. The average Bonchev–Trinajstić information content (AvgIpc) is 3.04. The van der Waals surface area contributed by atoms with Gasteiger partial charge in [0.05, 0.1) is 0 Å². The van der Waals surface area contributed by atoms with E-state index in [1.807, 2.05) is 70.1 Å². The van der Waals surface area contributed by atoms with Gasteiger partial charge >= 0.3 is 5.97 Å². The van der Waals surface area contributed by atoms with Crippen LogP contribution in [-0.4, -0.2) is 33.0 Å². The maximum Gasteiger partial charge on any atom is 0.323 e. The van der Waals surface area contributed by atoms with E-state index in [1.54, 1.807) is 0 Å². The van der Waals surface area contributed by atoms with E-state index >= 15 is 0 Å². The summed E-state index contributed by atoms with van der Waals surface area (Å²) in [5.74, 6) is -0.863. The summed E-state index contributed by atoms with van der Waals surface area (Å²) in [4.78, 5) is 26.7. The van der Waals surface area contributed by atoms with Crippen LogP contribution in [0.5, 0.6) is 0 Å². The number of aromatic nitrogens is 1. The minimum atomic E-state index is -0.869. The molecule has 1 aliphatic heterocycles. The molecule has 150 valence electrons. The van der Waals surface area contributed by atoms with E-state index in [1.165, 1.54) is 0 Å². The molecule has 5 nitrogen and oxygen atoms in total. The van der Waals surface area contributed by atoms with Crippen molar-refractivity contribution in [3.05, 3.63) is 82.0 Å². The minimum absolute atomic E-state index is 0.00609. The summed E-state index contributed by atoms with van der Waals surface area (Å²) in [6.07, 6.45) is 0.630. The Balaban J connectivity index is 1.58. The summed E-state index contributed by atoms with van der Waals surface area (Å²) in [6, 6.07) is 19.6. The quantitative estimate of drug-likeness (QED) is 0.473. The van der Waals surface area contributed by atoms with Gasteiger partial charge in [-0.3, -0.25) is 9.59 Å². The molecule has 0 radical (unpaired) electrons. The van der Waals surface area contributed by atoms with Gasteiger partial charge in [-0.1, -0.05) is 52.3 Å². The summed E-state index contributed by atoms with van der Waals surface area (Å²) in [6.45, 7) is 0.952. The zero-order valence-corrected chi connectivity index (χ0v) is 17.7. The molecule has 1 aromatic heterocycles. The van der Waals surface area contributed by atoms with Crippen LogP contribution in [0.4, 0.5) is 0 Å². The molecule has 3 aromatic carbocycles. The van der Waals surface area contributed by atoms with Gasteiger partial charge in [0.25, 0.3) is 5.91 Å². The third-order valence-electron chi connectivity index (χ3n) is 5.82. The zero-order chi connectivity index (χ0) is 20.8. The number of carbonyl (C=O) groups is 2. The zero-order valence-electron chi connectivity index (χ0n) is 16.1. The van der Waals surface area contributed by atoms with Crippen molar-refractivity contribution in [3.63, 3.8) is 0 Å². The molecule has 0 saturated carbocycles. The molecular weight excluding hydrogens is 444 g/mol. The number of benzene rings is 3. The van der Waals surface area contributed by atoms with Gasteiger partial charge in [-0.15, -0.1) is 0 Å². The van der Waals surface area contributed by atoms with Gasteiger partial charge in [-0.2, -0.15) is 0 Å². The van der Waals surface area contributed by atoms with E-state index in [-0.39, 0.29) is 12.5 Å². The molecule has 0 aliphatic carbocycles. The van der Waals surface area contributed by atoms with Crippen LogP contribution in [-0.2, 0) is 24.3 Å². The van der Waals surface area contributed by atoms with Crippen molar-refractivity contribution in [2.75, 3.05) is 6.54 Å². The van der Waals surface area contributed by atoms with E-state index in [2.05, 4.69) is 15.9 Å². The van der Waals surface area contributed by atoms with Crippen molar-refractivity contribution in [3.8, 4) is 0 Å². The van der Waals surface area contributed by atoms with Crippen LogP contribution >= 0.6 is 15.9 Å². The lowest BCUT2D eigenvalue weighted by atomic mass is 10.0. The lowest BCUT2D eigenvalue weighted by Crippen LogP contribution is -2.36. The largest absolute Gasteiger partial charge is 0.480 e. The number of rotatable bonds is 3. The fourth-order valence-electron chi connectivity index (χ4n) is 4.49. The first-order valence-corrected chi connectivity index (χ1v) is 10.6. The lowest BCUT2D eigenvalue weighted by molar-refractivity contribution is -0.137. The second-order valence-corrected chi connectivity index (χ2v) is 8.49. The molecule has 1 amide bonds. The van der Waals surface area contributed by atoms with Crippen LogP contribution in [0.1, 0.15) is 21.6 Å². The van der Waals surface area contributed by atoms with E-state index in [9.17, 15) is 14.7 Å². The van der Waals surface area contributed by atoms with Crippen molar-refractivity contribution in [1.29, 1.82) is 0 Å².